The van der Waals surface area contributed by atoms with Crippen molar-refractivity contribution in [3.05, 3.63) is 65.7 Å². The lowest BCUT2D eigenvalue weighted by atomic mass is 9.96. The van der Waals surface area contributed by atoms with Gasteiger partial charge >= 0.3 is 5.97 Å². The third-order valence-electron chi connectivity index (χ3n) is 6.99. The first-order chi connectivity index (χ1) is 17.0. The molecule has 0 bridgehead atoms. The summed E-state index contributed by atoms with van der Waals surface area (Å²) >= 11 is 0. The first kappa shape index (κ1) is 23.1. The molecule has 2 aliphatic heterocycles. The molecule has 5 rings (SSSR count). The highest BCUT2D eigenvalue weighted by molar-refractivity contribution is 6.15. The van der Waals surface area contributed by atoms with Crippen molar-refractivity contribution in [1.82, 2.24) is 10.2 Å². The van der Waals surface area contributed by atoms with E-state index in [1.807, 2.05) is 37.3 Å². The van der Waals surface area contributed by atoms with Crippen LogP contribution in [0.2, 0.25) is 0 Å². The van der Waals surface area contributed by atoms with E-state index in [1.165, 1.54) is 9.80 Å². The molecule has 1 N–H and O–H groups in total. The van der Waals surface area contributed by atoms with Crippen molar-refractivity contribution in [3.63, 3.8) is 0 Å². The lowest BCUT2D eigenvalue weighted by Gasteiger charge is -2.48. The molecule has 2 heterocycles. The number of fused-ring (bicyclic) bond motifs is 3. The molecule has 0 aromatic heterocycles. The van der Waals surface area contributed by atoms with Gasteiger partial charge in [0, 0.05) is 18.9 Å². The van der Waals surface area contributed by atoms with Gasteiger partial charge in [-0.25, -0.2) is 4.79 Å². The highest BCUT2D eigenvalue weighted by Crippen LogP contribution is 2.49. The molecule has 2 aromatic carbocycles. The first-order valence-corrected chi connectivity index (χ1v) is 12.2. The topological polar surface area (TPSA) is 96.0 Å². The molecule has 1 saturated carbocycles. The SMILES string of the molecule is CCCC(NC(=O)COC(=O)C12CCC(=O)N1c1ccccc1C(=O)N2C1CC1)c1ccccc1. The average molecular weight is 476 g/mol. The van der Waals surface area contributed by atoms with Crippen LogP contribution in [0, 0.1) is 0 Å². The Labute approximate surface area is 204 Å². The van der Waals surface area contributed by atoms with Crippen LogP contribution in [0.5, 0.6) is 0 Å². The van der Waals surface area contributed by atoms with Crippen LogP contribution in [0.4, 0.5) is 5.69 Å². The van der Waals surface area contributed by atoms with E-state index >= 15 is 0 Å². The summed E-state index contributed by atoms with van der Waals surface area (Å²) in [5.74, 6) is -1.67. The number of carbonyl (C=O) groups excluding carboxylic acids is 4. The maximum absolute atomic E-state index is 13.6. The smallest absolute Gasteiger partial charge is 0.354 e. The molecule has 1 aliphatic carbocycles. The largest absolute Gasteiger partial charge is 0.452 e. The van der Waals surface area contributed by atoms with E-state index < -0.39 is 24.1 Å². The quantitative estimate of drug-likeness (QED) is 0.591. The molecule has 2 atom stereocenters. The monoisotopic (exact) mass is 475 g/mol. The van der Waals surface area contributed by atoms with Crippen LogP contribution >= 0.6 is 0 Å². The van der Waals surface area contributed by atoms with Crippen molar-refractivity contribution in [2.75, 3.05) is 11.5 Å². The number of hydrogen-bond acceptors (Lipinski definition) is 5. The number of anilines is 1. The summed E-state index contributed by atoms with van der Waals surface area (Å²) in [5.41, 5.74) is 0.257. The Balaban J connectivity index is 1.37. The number of benzene rings is 2. The molecule has 2 aromatic rings. The van der Waals surface area contributed by atoms with Crippen LogP contribution in [-0.2, 0) is 19.1 Å². The predicted molar refractivity (Wildman–Crippen MR) is 128 cm³/mol. The number of amides is 3. The standard InChI is InChI=1S/C27H29N3O5/c1-2-8-21(18-9-4-3-5-10-18)28-23(31)17-35-26(34)27-16-15-24(32)30(27)22-12-7-6-11-20(22)25(33)29(27)19-13-14-19/h3-7,9-12,19,21H,2,8,13-17H2,1H3,(H,28,31). The number of nitrogens with zero attached hydrogens (tertiary/aromatic N) is 2. The zero-order valence-corrected chi connectivity index (χ0v) is 19.7. The van der Waals surface area contributed by atoms with Crippen molar-refractivity contribution in [2.45, 2.75) is 63.2 Å². The molecular formula is C27H29N3O5. The second-order valence-corrected chi connectivity index (χ2v) is 9.36. The van der Waals surface area contributed by atoms with Gasteiger partial charge in [0.25, 0.3) is 11.8 Å². The minimum absolute atomic E-state index is 0.124. The third-order valence-corrected chi connectivity index (χ3v) is 6.99. The molecular weight excluding hydrogens is 446 g/mol. The van der Waals surface area contributed by atoms with Crippen LogP contribution in [0.25, 0.3) is 0 Å². The number of hydrogen-bond donors (Lipinski definition) is 1. The highest BCUT2D eigenvalue weighted by atomic mass is 16.5. The van der Waals surface area contributed by atoms with Gasteiger partial charge in [0.1, 0.15) is 0 Å². The Morgan fingerprint density at radius 3 is 2.51 bits per heavy atom. The van der Waals surface area contributed by atoms with E-state index in [4.69, 9.17) is 4.74 Å². The molecule has 3 amide bonds. The first-order valence-electron chi connectivity index (χ1n) is 12.2. The molecule has 2 unspecified atom stereocenters. The normalized spacial score (nSPS) is 21.9. The number of esters is 1. The summed E-state index contributed by atoms with van der Waals surface area (Å²) in [5, 5.41) is 2.95. The van der Waals surface area contributed by atoms with Crippen molar-refractivity contribution >= 4 is 29.4 Å². The average Bonchev–Trinajstić information content (AvgIpc) is 3.65. The second-order valence-electron chi connectivity index (χ2n) is 9.36. The Hall–Kier alpha value is -3.68. The van der Waals surface area contributed by atoms with Crippen molar-refractivity contribution < 1.29 is 23.9 Å². The van der Waals surface area contributed by atoms with Crippen LogP contribution in [0.3, 0.4) is 0 Å². The molecule has 8 nitrogen and oxygen atoms in total. The van der Waals surface area contributed by atoms with Gasteiger partial charge in [-0.3, -0.25) is 19.3 Å². The fourth-order valence-corrected chi connectivity index (χ4v) is 5.29. The summed E-state index contributed by atoms with van der Waals surface area (Å²) in [7, 11) is 0. The summed E-state index contributed by atoms with van der Waals surface area (Å²) in [6.07, 6.45) is 3.42. The molecule has 0 spiro atoms. The Bertz CT molecular complexity index is 1160. The van der Waals surface area contributed by atoms with Gasteiger partial charge < -0.3 is 15.0 Å². The number of nitrogens with one attached hydrogen (secondary N) is 1. The predicted octanol–water partition coefficient (Wildman–Crippen LogP) is 3.33. The van der Waals surface area contributed by atoms with Crippen LogP contribution in [0.1, 0.15) is 67.4 Å². The highest BCUT2D eigenvalue weighted by Gasteiger charge is 2.64. The van der Waals surface area contributed by atoms with Gasteiger partial charge in [0.15, 0.2) is 6.61 Å². The van der Waals surface area contributed by atoms with Crippen LogP contribution < -0.4 is 10.2 Å². The molecule has 182 valence electrons. The molecule has 8 heteroatoms. The lowest BCUT2D eigenvalue weighted by molar-refractivity contribution is -0.160. The summed E-state index contributed by atoms with van der Waals surface area (Å²) < 4.78 is 5.54. The van der Waals surface area contributed by atoms with Gasteiger partial charge in [0.05, 0.1) is 17.3 Å². The van der Waals surface area contributed by atoms with Crippen molar-refractivity contribution in [1.29, 1.82) is 0 Å². The van der Waals surface area contributed by atoms with E-state index in [2.05, 4.69) is 5.32 Å². The number of carbonyl (C=O) groups is 4. The van der Waals surface area contributed by atoms with Crippen LogP contribution in [0.15, 0.2) is 54.6 Å². The van der Waals surface area contributed by atoms with Crippen molar-refractivity contribution in [3.8, 4) is 0 Å². The van der Waals surface area contributed by atoms with Gasteiger partial charge in [0.2, 0.25) is 11.6 Å². The number of ether oxygens (including phenoxy) is 1. The summed E-state index contributed by atoms with van der Waals surface area (Å²) in [6.45, 7) is 1.56. The Kier molecular flexibility index (Phi) is 6.05. The maximum Gasteiger partial charge on any atom is 0.354 e. The van der Waals surface area contributed by atoms with Gasteiger partial charge in [-0.05, 0) is 37.0 Å². The zero-order chi connectivity index (χ0) is 24.6. The van der Waals surface area contributed by atoms with Gasteiger partial charge in [-0.1, -0.05) is 55.8 Å². The minimum atomic E-state index is -1.55. The Morgan fingerprint density at radius 2 is 1.80 bits per heavy atom. The second kappa shape index (κ2) is 9.17. The van der Waals surface area contributed by atoms with Crippen LogP contribution in [-0.4, -0.2) is 46.9 Å². The third kappa shape index (κ3) is 3.96. The summed E-state index contributed by atoms with van der Waals surface area (Å²) in [4.78, 5) is 55.8. The fourth-order valence-electron chi connectivity index (χ4n) is 5.29. The molecule has 3 aliphatic rings. The van der Waals surface area contributed by atoms with Gasteiger partial charge in [-0.15, -0.1) is 0 Å². The molecule has 0 radical (unpaired) electrons. The van der Waals surface area contributed by atoms with E-state index in [1.54, 1.807) is 24.3 Å². The van der Waals surface area contributed by atoms with Crippen molar-refractivity contribution in [2.24, 2.45) is 0 Å². The molecule has 1 saturated heterocycles. The maximum atomic E-state index is 13.6. The van der Waals surface area contributed by atoms with E-state index in [0.29, 0.717) is 11.3 Å². The lowest BCUT2D eigenvalue weighted by Crippen LogP contribution is -2.69. The Morgan fingerprint density at radius 1 is 1.09 bits per heavy atom. The number of para-hydroxylation sites is 1. The molecule has 2 fully saturated rings. The zero-order valence-electron chi connectivity index (χ0n) is 19.7. The minimum Gasteiger partial charge on any atom is -0.452 e. The van der Waals surface area contributed by atoms with E-state index in [-0.39, 0.29) is 36.7 Å². The molecule has 35 heavy (non-hydrogen) atoms. The van der Waals surface area contributed by atoms with E-state index in [9.17, 15) is 19.2 Å². The van der Waals surface area contributed by atoms with Gasteiger partial charge in [-0.2, -0.15) is 0 Å². The van der Waals surface area contributed by atoms with E-state index in [0.717, 1.165) is 31.2 Å². The fraction of sp³-hybridized carbons (Fsp3) is 0.407. The number of rotatable bonds is 8. The summed E-state index contributed by atoms with van der Waals surface area (Å²) in [6, 6.07) is 16.2.